The molecule has 39 heavy (non-hydrogen) atoms. The molecule has 1 aliphatic heterocycles. The summed E-state index contributed by atoms with van der Waals surface area (Å²) < 4.78 is 28.4. The number of nitrogens with zero attached hydrogens (tertiary/aromatic N) is 1. The van der Waals surface area contributed by atoms with E-state index in [-0.39, 0.29) is 17.2 Å². The van der Waals surface area contributed by atoms with Crippen molar-refractivity contribution in [1.82, 2.24) is 0 Å². The van der Waals surface area contributed by atoms with Crippen LogP contribution in [-0.4, -0.2) is 26.3 Å². The summed E-state index contributed by atoms with van der Waals surface area (Å²) in [7, 11) is 1.53. The van der Waals surface area contributed by atoms with E-state index >= 15 is 0 Å². The molecule has 1 heterocycles. The minimum absolute atomic E-state index is 0.0125. The smallest absolute Gasteiger partial charge is 0.343 e. The summed E-state index contributed by atoms with van der Waals surface area (Å²) in [5.41, 5.74) is 8.30. The second-order valence-electron chi connectivity index (χ2n) is 9.42. The van der Waals surface area contributed by atoms with Gasteiger partial charge in [0.15, 0.2) is 11.5 Å². The highest BCUT2D eigenvalue weighted by atomic mass is 16.5. The fraction of sp³-hybridized carbons (Fsp3) is 0.290. The van der Waals surface area contributed by atoms with Crippen molar-refractivity contribution in [3.8, 4) is 34.8 Å². The van der Waals surface area contributed by atoms with Crippen LogP contribution in [0.4, 0.5) is 0 Å². The predicted octanol–water partition coefficient (Wildman–Crippen LogP) is 5.96. The van der Waals surface area contributed by atoms with Gasteiger partial charge < -0.3 is 29.4 Å². The Balaban J connectivity index is 1.65. The molecule has 0 aromatic heterocycles. The molecule has 1 atom stereocenters. The Morgan fingerprint density at radius 3 is 2.59 bits per heavy atom. The molecule has 8 heteroatoms. The van der Waals surface area contributed by atoms with Crippen LogP contribution in [0.25, 0.3) is 0 Å². The third-order valence-electron chi connectivity index (χ3n) is 6.26. The molecule has 0 spiro atoms. The van der Waals surface area contributed by atoms with Gasteiger partial charge in [-0.15, -0.1) is 0 Å². The lowest BCUT2D eigenvalue weighted by Gasteiger charge is -2.27. The largest absolute Gasteiger partial charge is 0.497 e. The maximum Gasteiger partial charge on any atom is 0.343 e. The molecule has 0 saturated heterocycles. The number of nitriles is 1. The maximum absolute atomic E-state index is 12.7. The minimum Gasteiger partial charge on any atom is -0.497 e. The summed E-state index contributed by atoms with van der Waals surface area (Å²) in [6.45, 7) is 7.22. The number of nitrogens with two attached hydrogens (primary N) is 1. The van der Waals surface area contributed by atoms with Crippen molar-refractivity contribution in [2.45, 2.75) is 33.1 Å². The van der Waals surface area contributed by atoms with Gasteiger partial charge in [0.1, 0.15) is 28.9 Å². The number of benzene rings is 3. The Morgan fingerprint density at radius 1 is 1.05 bits per heavy atom. The number of esters is 1. The highest BCUT2D eigenvalue weighted by Crippen LogP contribution is 2.45. The van der Waals surface area contributed by atoms with Crippen LogP contribution in [0.5, 0.6) is 28.7 Å². The molecule has 1 unspecified atom stereocenters. The molecule has 8 nitrogen and oxygen atoms in total. The van der Waals surface area contributed by atoms with Crippen LogP contribution < -0.4 is 29.4 Å². The monoisotopic (exact) mass is 528 g/mol. The normalized spacial score (nSPS) is 14.2. The minimum atomic E-state index is -0.545. The Bertz CT molecular complexity index is 1420. The van der Waals surface area contributed by atoms with E-state index in [4.69, 9.17) is 29.4 Å². The summed E-state index contributed by atoms with van der Waals surface area (Å²) in [5.74, 6) is 1.90. The molecule has 3 aromatic rings. The van der Waals surface area contributed by atoms with E-state index in [1.165, 1.54) is 7.11 Å². The van der Waals surface area contributed by atoms with E-state index in [0.29, 0.717) is 53.3 Å². The summed E-state index contributed by atoms with van der Waals surface area (Å²) in [6.07, 6.45) is 0.920. The Kier molecular flexibility index (Phi) is 8.62. The number of hydrogen-bond donors (Lipinski definition) is 1. The van der Waals surface area contributed by atoms with Crippen LogP contribution in [0.15, 0.2) is 72.1 Å². The first-order chi connectivity index (χ1) is 18.8. The first kappa shape index (κ1) is 27.4. The van der Waals surface area contributed by atoms with Gasteiger partial charge in [0.2, 0.25) is 5.88 Å². The van der Waals surface area contributed by atoms with Crippen LogP contribution >= 0.6 is 0 Å². The zero-order valence-corrected chi connectivity index (χ0v) is 22.5. The van der Waals surface area contributed by atoms with E-state index in [0.717, 1.165) is 12.0 Å². The Labute approximate surface area is 228 Å². The van der Waals surface area contributed by atoms with E-state index in [1.807, 2.05) is 25.1 Å². The number of allylic oxidation sites excluding steroid dienone is 1. The summed E-state index contributed by atoms with van der Waals surface area (Å²) in [5, 5.41) is 9.95. The van der Waals surface area contributed by atoms with E-state index in [1.54, 1.807) is 42.5 Å². The van der Waals surface area contributed by atoms with Gasteiger partial charge in [-0.1, -0.05) is 32.0 Å². The maximum atomic E-state index is 12.7. The van der Waals surface area contributed by atoms with Crippen molar-refractivity contribution in [3.63, 3.8) is 0 Å². The van der Waals surface area contributed by atoms with E-state index < -0.39 is 11.9 Å². The van der Waals surface area contributed by atoms with Crippen molar-refractivity contribution in [3.05, 3.63) is 88.8 Å². The van der Waals surface area contributed by atoms with Crippen LogP contribution in [0.3, 0.4) is 0 Å². The van der Waals surface area contributed by atoms with Crippen molar-refractivity contribution < 1.29 is 28.5 Å². The molecule has 0 saturated carbocycles. The fourth-order valence-corrected chi connectivity index (χ4v) is 4.25. The number of rotatable bonds is 10. The topological polar surface area (TPSA) is 113 Å². The molecule has 0 aliphatic carbocycles. The van der Waals surface area contributed by atoms with Crippen molar-refractivity contribution in [1.29, 1.82) is 5.26 Å². The zero-order valence-electron chi connectivity index (χ0n) is 22.5. The molecule has 0 radical (unpaired) electrons. The standard InChI is InChI=1S/C31H32N2O6/c1-5-36-28-16-20(9-12-26(28)37-14-13-19(2)3)29-24-11-10-23(17-27(24)39-30(33)25(29)18-32)38-31(34)21-7-6-8-22(15-21)35-4/h6-12,15-17,19,29H,5,13-14,33H2,1-4H3. The van der Waals surface area contributed by atoms with Gasteiger partial charge in [-0.3, -0.25) is 0 Å². The lowest BCUT2D eigenvalue weighted by molar-refractivity contribution is 0.0734. The van der Waals surface area contributed by atoms with Gasteiger partial charge in [-0.05, 0) is 61.2 Å². The highest BCUT2D eigenvalue weighted by molar-refractivity contribution is 5.91. The SMILES string of the molecule is CCOc1cc(C2C(C#N)=C(N)Oc3cc(OC(=O)c4cccc(OC)c4)ccc32)ccc1OCCC(C)C. The molecule has 2 N–H and O–H groups in total. The third kappa shape index (κ3) is 6.27. The fourth-order valence-electron chi connectivity index (χ4n) is 4.25. The van der Waals surface area contributed by atoms with E-state index in [9.17, 15) is 10.1 Å². The molecule has 0 amide bonds. The highest BCUT2D eigenvalue weighted by Gasteiger charge is 2.32. The van der Waals surface area contributed by atoms with Gasteiger partial charge in [0, 0.05) is 11.6 Å². The van der Waals surface area contributed by atoms with Crippen LogP contribution in [0.1, 0.15) is 54.6 Å². The van der Waals surface area contributed by atoms with Crippen molar-refractivity contribution >= 4 is 5.97 Å². The first-order valence-electron chi connectivity index (χ1n) is 12.8. The third-order valence-corrected chi connectivity index (χ3v) is 6.26. The van der Waals surface area contributed by atoms with Gasteiger partial charge in [0.25, 0.3) is 0 Å². The molecule has 3 aromatic carbocycles. The van der Waals surface area contributed by atoms with Crippen LogP contribution in [0, 0.1) is 17.2 Å². The first-order valence-corrected chi connectivity index (χ1v) is 12.8. The number of carbonyl (C=O) groups excluding carboxylic acids is 1. The van der Waals surface area contributed by atoms with Crippen LogP contribution in [-0.2, 0) is 0 Å². The average Bonchev–Trinajstić information content (AvgIpc) is 2.93. The molecule has 1 aliphatic rings. The van der Waals surface area contributed by atoms with Gasteiger partial charge in [-0.2, -0.15) is 5.26 Å². The van der Waals surface area contributed by atoms with E-state index in [2.05, 4.69) is 19.9 Å². The molecule has 0 bridgehead atoms. The summed E-state index contributed by atoms with van der Waals surface area (Å²) in [6, 6.07) is 19.5. The lowest BCUT2D eigenvalue weighted by Crippen LogP contribution is -2.21. The van der Waals surface area contributed by atoms with Gasteiger partial charge >= 0.3 is 5.97 Å². The van der Waals surface area contributed by atoms with Crippen LogP contribution in [0.2, 0.25) is 0 Å². The Morgan fingerprint density at radius 2 is 1.87 bits per heavy atom. The predicted molar refractivity (Wildman–Crippen MR) is 146 cm³/mol. The average molecular weight is 529 g/mol. The number of methoxy groups -OCH3 is 1. The zero-order chi connectivity index (χ0) is 27.9. The second kappa shape index (κ2) is 12.3. The van der Waals surface area contributed by atoms with Crippen molar-refractivity contribution in [2.75, 3.05) is 20.3 Å². The molecule has 4 rings (SSSR count). The molecular weight excluding hydrogens is 496 g/mol. The number of carbonyl (C=O) groups is 1. The molecular formula is C31H32N2O6. The number of hydrogen-bond acceptors (Lipinski definition) is 8. The lowest BCUT2D eigenvalue weighted by atomic mass is 9.83. The number of ether oxygens (including phenoxy) is 5. The molecule has 202 valence electrons. The van der Waals surface area contributed by atoms with Gasteiger partial charge in [0.05, 0.1) is 31.8 Å². The quantitative estimate of drug-likeness (QED) is 0.253. The molecule has 0 fully saturated rings. The number of fused-ring (bicyclic) bond motifs is 1. The Hall–Kier alpha value is -4.64. The summed E-state index contributed by atoms with van der Waals surface area (Å²) in [4.78, 5) is 12.7. The van der Waals surface area contributed by atoms with Crippen molar-refractivity contribution in [2.24, 2.45) is 11.7 Å². The summed E-state index contributed by atoms with van der Waals surface area (Å²) >= 11 is 0. The van der Waals surface area contributed by atoms with Gasteiger partial charge in [-0.25, -0.2) is 4.79 Å². The second-order valence-corrected chi connectivity index (χ2v) is 9.42.